The van der Waals surface area contributed by atoms with Crippen LogP contribution in [0.15, 0.2) is 29.4 Å². The Morgan fingerprint density at radius 2 is 2.17 bits per heavy atom. The van der Waals surface area contributed by atoms with Gasteiger partial charge in [-0.2, -0.15) is 0 Å². The first-order valence-corrected chi connectivity index (χ1v) is 8.73. The summed E-state index contributed by atoms with van der Waals surface area (Å²) in [5, 5.41) is 8.73. The Kier molecular flexibility index (Phi) is 6.46. The van der Waals surface area contributed by atoms with E-state index < -0.39 is 0 Å². The Labute approximate surface area is 140 Å². The Morgan fingerprint density at radius 3 is 2.91 bits per heavy atom. The summed E-state index contributed by atoms with van der Waals surface area (Å²) < 4.78 is 7.26. The number of ether oxygens (including phenoxy) is 1. The number of unbranched alkanes of at least 4 members (excludes halogenated alkanes) is 1. The maximum atomic E-state index is 12.5. The average Bonchev–Trinajstić information content (AvgIpc) is 2.89. The molecule has 0 aliphatic rings. The summed E-state index contributed by atoms with van der Waals surface area (Å²) in [6, 6.07) is 7.18. The molecule has 0 saturated carbocycles. The highest BCUT2D eigenvalue weighted by Gasteiger charge is 2.13. The molecule has 124 valence electrons. The maximum absolute atomic E-state index is 12.5. The minimum atomic E-state index is -0.216. The smallest absolute Gasteiger partial charge is 0.270 e. The molecule has 0 unspecified atom stereocenters. The van der Waals surface area contributed by atoms with E-state index in [-0.39, 0.29) is 5.91 Å². The molecule has 6 nitrogen and oxygen atoms in total. The van der Waals surface area contributed by atoms with E-state index >= 15 is 0 Å². The van der Waals surface area contributed by atoms with Crippen LogP contribution in [0.3, 0.4) is 0 Å². The van der Waals surface area contributed by atoms with E-state index in [9.17, 15) is 4.79 Å². The fourth-order valence-corrected chi connectivity index (χ4v) is 2.59. The zero-order valence-corrected chi connectivity index (χ0v) is 14.5. The molecule has 2 aromatic rings. The number of thioether (sulfide) groups is 1. The second-order valence-corrected chi connectivity index (χ2v) is 6.20. The van der Waals surface area contributed by atoms with Crippen LogP contribution in [-0.4, -0.2) is 33.1 Å². The largest absolute Gasteiger partial charge is 0.494 e. The highest BCUT2D eigenvalue weighted by atomic mass is 32.2. The fraction of sp³-hybridized carbons (Fsp3) is 0.438. The predicted molar refractivity (Wildman–Crippen MR) is 91.7 cm³/mol. The second kappa shape index (κ2) is 8.57. The topological polar surface area (TPSA) is 69.0 Å². The van der Waals surface area contributed by atoms with E-state index in [0.717, 1.165) is 18.6 Å². The van der Waals surface area contributed by atoms with Gasteiger partial charge < -0.3 is 4.74 Å². The first-order valence-electron chi connectivity index (χ1n) is 7.74. The van der Waals surface area contributed by atoms with Gasteiger partial charge in [0.15, 0.2) is 0 Å². The van der Waals surface area contributed by atoms with Crippen molar-refractivity contribution in [1.82, 2.24) is 14.9 Å². The van der Waals surface area contributed by atoms with Gasteiger partial charge in [-0.25, -0.2) is 4.68 Å². The number of aryl methyl sites for hydroxylation is 1. The highest BCUT2D eigenvalue weighted by molar-refractivity contribution is 7.99. The zero-order valence-electron chi connectivity index (χ0n) is 13.7. The predicted octanol–water partition coefficient (Wildman–Crippen LogP) is 3.26. The van der Waals surface area contributed by atoms with E-state index in [4.69, 9.17) is 4.74 Å². The first kappa shape index (κ1) is 17.3. The summed E-state index contributed by atoms with van der Waals surface area (Å²) in [5.74, 6) is 1.99. The van der Waals surface area contributed by atoms with Crippen molar-refractivity contribution in [2.75, 3.05) is 17.8 Å². The van der Waals surface area contributed by atoms with E-state index in [0.29, 0.717) is 28.9 Å². The van der Waals surface area contributed by atoms with E-state index in [1.54, 1.807) is 23.7 Å². The van der Waals surface area contributed by atoms with Gasteiger partial charge in [0.25, 0.3) is 5.91 Å². The summed E-state index contributed by atoms with van der Waals surface area (Å²) in [5.41, 5.74) is 3.37. The highest BCUT2D eigenvalue weighted by Crippen LogP contribution is 2.17. The molecule has 2 rings (SSSR count). The van der Waals surface area contributed by atoms with Gasteiger partial charge >= 0.3 is 0 Å². The lowest BCUT2D eigenvalue weighted by molar-refractivity contribution is 0.100. The van der Waals surface area contributed by atoms with Gasteiger partial charge in [-0.05, 0) is 37.3 Å². The van der Waals surface area contributed by atoms with Crippen molar-refractivity contribution in [3.05, 3.63) is 35.7 Å². The number of amides is 1. The van der Waals surface area contributed by atoms with Crippen LogP contribution in [0.1, 0.15) is 42.9 Å². The summed E-state index contributed by atoms with van der Waals surface area (Å²) >= 11 is 1.53. The Balaban J connectivity index is 2.09. The van der Waals surface area contributed by atoms with Gasteiger partial charge in [0.05, 0.1) is 6.61 Å². The molecule has 0 spiro atoms. The molecule has 0 atom stereocenters. The molecule has 7 heteroatoms. The monoisotopic (exact) mass is 334 g/mol. The lowest BCUT2D eigenvalue weighted by Gasteiger charge is -2.11. The van der Waals surface area contributed by atoms with Crippen LogP contribution in [0.2, 0.25) is 0 Å². The van der Waals surface area contributed by atoms with Crippen LogP contribution >= 0.6 is 11.8 Å². The van der Waals surface area contributed by atoms with Crippen LogP contribution in [-0.2, 0) is 0 Å². The Hall–Kier alpha value is -2.02. The van der Waals surface area contributed by atoms with Crippen molar-refractivity contribution < 1.29 is 9.53 Å². The molecule has 0 aliphatic carbocycles. The average molecular weight is 334 g/mol. The summed E-state index contributed by atoms with van der Waals surface area (Å²) in [6.45, 7) is 6.60. The number of carbonyl (C=O) groups excluding carboxylic acids is 1. The SMILES string of the molecule is CCCCOc1cccc(C(=O)Nn2c(C)nnc2SCC)c1. The molecule has 1 heterocycles. The number of aromatic nitrogens is 3. The van der Waals surface area contributed by atoms with Crippen molar-refractivity contribution in [2.45, 2.75) is 38.8 Å². The van der Waals surface area contributed by atoms with E-state index in [1.807, 2.05) is 19.1 Å². The number of rotatable bonds is 8. The quantitative estimate of drug-likeness (QED) is 0.593. The van der Waals surface area contributed by atoms with Crippen LogP contribution in [0.4, 0.5) is 0 Å². The normalized spacial score (nSPS) is 10.6. The second-order valence-electron chi connectivity index (χ2n) is 4.97. The molecule has 0 saturated heterocycles. The molecule has 1 N–H and O–H groups in total. The van der Waals surface area contributed by atoms with Crippen molar-refractivity contribution in [3.8, 4) is 5.75 Å². The number of nitrogens with zero attached hydrogens (tertiary/aromatic N) is 3. The fourth-order valence-electron chi connectivity index (χ4n) is 1.92. The minimum Gasteiger partial charge on any atom is -0.494 e. The molecule has 0 radical (unpaired) electrons. The zero-order chi connectivity index (χ0) is 16.7. The third-order valence-electron chi connectivity index (χ3n) is 3.14. The molecule has 0 bridgehead atoms. The Morgan fingerprint density at radius 1 is 1.35 bits per heavy atom. The van der Waals surface area contributed by atoms with Gasteiger partial charge in [-0.15, -0.1) is 10.2 Å². The van der Waals surface area contributed by atoms with Crippen LogP contribution in [0, 0.1) is 6.92 Å². The van der Waals surface area contributed by atoms with Gasteiger partial charge in [-0.3, -0.25) is 10.2 Å². The van der Waals surface area contributed by atoms with Crippen molar-refractivity contribution >= 4 is 17.7 Å². The Bertz CT molecular complexity index is 657. The van der Waals surface area contributed by atoms with Crippen molar-refractivity contribution in [2.24, 2.45) is 0 Å². The van der Waals surface area contributed by atoms with Crippen LogP contribution in [0.25, 0.3) is 0 Å². The number of hydrogen-bond acceptors (Lipinski definition) is 5. The molecule has 1 aromatic carbocycles. The summed E-state index contributed by atoms with van der Waals surface area (Å²) in [7, 11) is 0. The van der Waals surface area contributed by atoms with Gasteiger partial charge in [0.1, 0.15) is 11.6 Å². The molecular weight excluding hydrogens is 312 g/mol. The van der Waals surface area contributed by atoms with E-state index in [1.165, 1.54) is 11.8 Å². The molecule has 0 aliphatic heterocycles. The standard InChI is InChI=1S/C16H22N4O2S/c1-4-6-10-22-14-9-7-8-13(11-14)15(21)19-20-12(3)17-18-16(20)23-5-2/h7-9,11H,4-6,10H2,1-3H3,(H,19,21). The van der Waals surface area contributed by atoms with E-state index in [2.05, 4.69) is 22.5 Å². The maximum Gasteiger partial charge on any atom is 0.270 e. The number of hydrogen-bond donors (Lipinski definition) is 1. The van der Waals surface area contributed by atoms with Crippen molar-refractivity contribution in [1.29, 1.82) is 0 Å². The van der Waals surface area contributed by atoms with Gasteiger partial charge in [0.2, 0.25) is 5.16 Å². The lowest BCUT2D eigenvalue weighted by Crippen LogP contribution is -2.24. The van der Waals surface area contributed by atoms with Gasteiger partial charge in [-0.1, -0.05) is 38.1 Å². The molecular formula is C16H22N4O2S. The lowest BCUT2D eigenvalue weighted by atomic mass is 10.2. The molecule has 23 heavy (non-hydrogen) atoms. The third kappa shape index (κ3) is 4.72. The van der Waals surface area contributed by atoms with Crippen LogP contribution in [0.5, 0.6) is 5.75 Å². The molecule has 1 aromatic heterocycles. The molecule has 1 amide bonds. The summed E-state index contributed by atoms with van der Waals surface area (Å²) in [4.78, 5) is 12.5. The molecule has 0 fully saturated rings. The first-order chi connectivity index (χ1) is 11.2. The van der Waals surface area contributed by atoms with Crippen LogP contribution < -0.4 is 10.2 Å². The third-order valence-corrected chi connectivity index (χ3v) is 3.96. The number of carbonyl (C=O) groups is 1. The van der Waals surface area contributed by atoms with Gasteiger partial charge in [0, 0.05) is 5.56 Å². The minimum absolute atomic E-state index is 0.216. The van der Waals surface area contributed by atoms with Crippen molar-refractivity contribution in [3.63, 3.8) is 0 Å². The number of benzene rings is 1. The summed E-state index contributed by atoms with van der Waals surface area (Å²) in [6.07, 6.45) is 2.07. The number of nitrogens with one attached hydrogen (secondary N) is 1.